The van der Waals surface area contributed by atoms with E-state index in [1.807, 2.05) is 0 Å². The van der Waals surface area contributed by atoms with Crippen molar-refractivity contribution in [3.05, 3.63) is 0 Å². The first-order valence-electron chi connectivity index (χ1n) is 8.57. The zero-order valence-corrected chi connectivity index (χ0v) is 13.0. The van der Waals surface area contributed by atoms with Gasteiger partial charge in [-0.15, -0.1) is 0 Å². The molecule has 2 fully saturated rings. The lowest BCUT2D eigenvalue weighted by Crippen LogP contribution is -2.54. The summed E-state index contributed by atoms with van der Waals surface area (Å²) >= 11 is 0. The van der Waals surface area contributed by atoms with Crippen molar-refractivity contribution in [3.8, 4) is 0 Å². The second kappa shape index (κ2) is 7.08. The Bertz CT molecular complexity index is 258. The normalized spacial score (nSPS) is 33.6. The van der Waals surface area contributed by atoms with Gasteiger partial charge in [0.15, 0.2) is 0 Å². The fourth-order valence-corrected chi connectivity index (χ4v) is 4.43. The van der Waals surface area contributed by atoms with Crippen LogP contribution in [0, 0.1) is 11.8 Å². The molecule has 2 aliphatic carbocycles. The summed E-state index contributed by atoms with van der Waals surface area (Å²) in [5.41, 5.74) is 6.74. The first-order chi connectivity index (χ1) is 9.18. The number of hydrogen-bond acceptors (Lipinski definition) is 2. The Morgan fingerprint density at radius 2 is 1.79 bits per heavy atom. The average Bonchev–Trinajstić information content (AvgIpc) is 2.65. The van der Waals surface area contributed by atoms with Crippen LogP contribution < -0.4 is 5.73 Å². The van der Waals surface area contributed by atoms with E-state index in [-0.39, 0.29) is 11.6 Å². The molecule has 19 heavy (non-hydrogen) atoms. The lowest BCUT2D eigenvalue weighted by molar-refractivity contribution is -0.0851. The van der Waals surface area contributed by atoms with Gasteiger partial charge in [0.05, 0.1) is 5.60 Å². The van der Waals surface area contributed by atoms with E-state index in [9.17, 15) is 0 Å². The van der Waals surface area contributed by atoms with Crippen molar-refractivity contribution in [2.24, 2.45) is 17.6 Å². The third kappa shape index (κ3) is 3.72. The monoisotopic (exact) mass is 267 g/mol. The minimum atomic E-state index is -0.00697. The van der Waals surface area contributed by atoms with Crippen molar-refractivity contribution in [2.75, 3.05) is 6.61 Å². The molecular weight excluding hydrogens is 234 g/mol. The van der Waals surface area contributed by atoms with Gasteiger partial charge >= 0.3 is 0 Å². The van der Waals surface area contributed by atoms with E-state index in [0.717, 1.165) is 12.5 Å². The summed E-state index contributed by atoms with van der Waals surface area (Å²) in [6.45, 7) is 5.33. The first-order valence-corrected chi connectivity index (χ1v) is 8.57. The minimum absolute atomic E-state index is 0.00697. The third-order valence-corrected chi connectivity index (χ3v) is 5.47. The van der Waals surface area contributed by atoms with E-state index in [4.69, 9.17) is 10.5 Å². The van der Waals surface area contributed by atoms with Crippen LogP contribution in [0.25, 0.3) is 0 Å². The van der Waals surface area contributed by atoms with Crippen molar-refractivity contribution in [2.45, 2.75) is 89.7 Å². The van der Waals surface area contributed by atoms with Crippen molar-refractivity contribution in [1.29, 1.82) is 0 Å². The molecule has 0 heterocycles. The van der Waals surface area contributed by atoms with Gasteiger partial charge in [0.25, 0.3) is 0 Å². The summed E-state index contributed by atoms with van der Waals surface area (Å²) < 4.78 is 6.28. The minimum Gasteiger partial charge on any atom is -0.374 e. The van der Waals surface area contributed by atoms with Gasteiger partial charge in [-0.3, -0.25) is 0 Å². The maximum Gasteiger partial charge on any atom is 0.0835 e. The Balaban J connectivity index is 2.07. The number of ether oxygens (including phenoxy) is 1. The molecule has 2 heteroatoms. The van der Waals surface area contributed by atoms with Crippen LogP contribution in [-0.4, -0.2) is 18.2 Å². The highest BCUT2D eigenvalue weighted by Crippen LogP contribution is 2.40. The molecular formula is C17H33NO. The van der Waals surface area contributed by atoms with E-state index >= 15 is 0 Å². The van der Waals surface area contributed by atoms with E-state index < -0.39 is 0 Å². The molecule has 0 bridgehead atoms. The Morgan fingerprint density at radius 3 is 2.37 bits per heavy atom. The molecule has 0 amide bonds. The van der Waals surface area contributed by atoms with Crippen LogP contribution in [0.3, 0.4) is 0 Å². The molecule has 0 aromatic heterocycles. The van der Waals surface area contributed by atoms with E-state index in [1.54, 1.807) is 0 Å². The van der Waals surface area contributed by atoms with Gasteiger partial charge in [-0.1, -0.05) is 45.4 Å². The third-order valence-electron chi connectivity index (χ3n) is 5.47. The molecule has 2 saturated carbocycles. The van der Waals surface area contributed by atoms with Gasteiger partial charge in [-0.25, -0.2) is 0 Å². The Morgan fingerprint density at radius 1 is 1.11 bits per heavy atom. The molecule has 0 radical (unpaired) electrons. The quantitative estimate of drug-likeness (QED) is 0.772. The van der Waals surface area contributed by atoms with Crippen LogP contribution in [0.4, 0.5) is 0 Å². The van der Waals surface area contributed by atoms with Gasteiger partial charge in [-0.2, -0.15) is 0 Å². The van der Waals surface area contributed by atoms with Crippen molar-refractivity contribution >= 4 is 0 Å². The Kier molecular flexibility index (Phi) is 5.70. The van der Waals surface area contributed by atoms with Crippen LogP contribution >= 0.6 is 0 Å². The zero-order chi connectivity index (χ0) is 13.7. The van der Waals surface area contributed by atoms with Gasteiger partial charge in [0.2, 0.25) is 0 Å². The van der Waals surface area contributed by atoms with E-state index in [0.29, 0.717) is 5.92 Å². The maximum atomic E-state index is 6.75. The molecule has 2 nitrogen and oxygen atoms in total. The van der Waals surface area contributed by atoms with E-state index in [2.05, 4.69) is 13.8 Å². The zero-order valence-electron chi connectivity index (χ0n) is 13.0. The lowest BCUT2D eigenvalue weighted by atomic mass is 9.71. The summed E-state index contributed by atoms with van der Waals surface area (Å²) in [5, 5.41) is 0. The molecule has 0 saturated heterocycles. The smallest absolute Gasteiger partial charge is 0.0835 e. The number of rotatable bonds is 4. The van der Waals surface area contributed by atoms with Crippen molar-refractivity contribution in [3.63, 3.8) is 0 Å². The molecule has 112 valence electrons. The van der Waals surface area contributed by atoms with Crippen LogP contribution in [0.5, 0.6) is 0 Å². The molecule has 0 spiro atoms. The molecule has 2 N–H and O–H groups in total. The topological polar surface area (TPSA) is 35.2 Å². The lowest BCUT2D eigenvalue weighted by Gasteiger charge is -2.44. The fraction of sp³-hybridized carbons (Fsp3) is 1.00. The second-order valence-corrected chi connectivity index (χ2v) is 6.97. The highest BCUT2D eigenvalue weighted by atomic mass is 16.5. The van der Waals surface area contributed by atoms with Crippen molar-refractivity contribution < 1.29 is 4.74 Å². The predicted octanol–water partition coefficient (Wildman–Crippen LogP) is 4.27. The van der Waals surface area contributed by atoms with Crippen LogP contribution in [-0.2, 0) is 4.74 Å². The Labute approximate surface area is 119 Å². The van der Waals surface area contributed by atoms with Gasteiger partial charge in [0, 0.05) is 12.6 Å². The molecule has 0 aromatic rings. The fourth-order valence-electron chi connectivity index (χ4n) is 4.43. The summed E-state index contributed by atoms with van der Waals surface area (Å²) in [5.74, 6) is 1.54. The number of hydrogen-bond donors (Lipinski definition) is 1. The molecule has 2 aliphatic rings. The molecule has 3 atom stereocenters. The standard InChI is InChI=1S/C17H33NO/c1-3-19-17(11-6-4-5-7-12-17)16(18)15-10-8-9-14(2)13-15/h14-16H,3-13,18H2,1-2H3. The highest BCUT2D eigenvalue weighted by molar-refractivity contribution is 4.97. The molecule has 3 unspecified atom stereocenters. The molecule has 0 aromatic carbocycles. The summed E-state index contributed by atoms with van der Waals surface area (Å²) in [7, 11) is 0. The number of nitrogens with two attached hydrogens (primary N) is 1. The summed E-state index contributed by atoms with van der Waals surface area (Å²) in [6.07, 6.45) is 13.1. The molecule has 2 rings (SSSR count). The van der Waals surface area contributed by atoms with Crippen LogP contribution in [0.2, 0.25) is 0 Å². The second-order valence-electron chi connectivity index (χ2n) is 6.97. The van der Waals surface area contributed by atoms with Crippen LogP contribution in [0.15, 0.2) is 0 Å². The first kappa shape index (κ1) is 15.3. The molecule has 0 aliphatic heterocycles. The summed E-state index contributed by atoms with van der Waals surface area (Å²) in [4.78, 5) is 0. The van der Waals surface area contributed by atoms with Crippen LogP contribution in [0.1, 0.15) is 78.1 Å². The van der Waals surface area contributed by atoms with E-state index in [1.165, 1.54) is 64.2 Å². The largest absolute Gasteiger partial charge is 0.374 e. The Hall–Kier alpha value is -0.0800. The highest BCUT2D eigenvalue weighted by Gasteiger charge is 2.42. The predicted molar refractivity (Wildman–Crippen MR) is 81.2 cm³/mol. The van der Waals surface area contributed by atoms with Gasteiger partial charge < -0.3 is 10.5 Å². The van der Waals surface area contributed by atoms with Crippen molar-refractivity contribution in [1.82, 2.24) is 0 Å². The SMILES string of the molecule is CCOC1(C(N)C2CCCC(C)C2)CCCCCC1. The van der Waals surface area contributed by atoms with Gasteiger partial charge in [-0.05, 0) is 44.4 Å². The summed E-state index contributed by atoms with van der Waals surface area (Å²) in [6, 6.07) is 0.258. The average molecular weight is 267 g/mol. The maximum absolute atomic E-state index is 6.75. The van der Waals surface area contributed by atoms with Gasteiger partial charge in [0.1, 0.15) is 0 Å².